The van der Waals surface area contributed by atoms with Gasteiger partial charge in [0.25, 0.3) is 10.2 Å². The summed E-state index contributed by atoms with van der Waals surface area (Å²) in [7, 11) is -0.906. The van der Waals surface area contributed by atoms with E-state index in [0.29, 0.717) is 13.0 Å². The van der Waals surface area contributed by atoms with Gasteiger partial charge in [0, 0.05) is 19.7 Å². The highest BCUT2D eigenvalue weighted by Gasteiger charge is 2.39. The largest absolute Gasteiger partial charge is 0.468 e. The van der Waals surface area contributed by atoms with E-state index in [-0.39, 0.29) is 12.6 Å². The van der Waals surface area contributed by atoms with Crippen molar-refractivity contribution in [2.24, 2.45) is 0 Å². The Kier molecular flexibility index (Phi) is 4.87. The molecule has 17 heavy (non-hydrogen) atoms. The molecule has 0 aromatic heterocycles. The SMILES string of the molecule is COCCN1C(C)CC(C(=O)OC)NS1(=O)=O. The standard InChI is InChI=1S/C9H18N2O5S/c1-7-6-8(9(12)16-3)10-17(13,14)11(7)4-5-15-2/h7-8,10H,4-6H2,1-3H3. The topological polar surface area (TPSA) is 84.9 Å². The minimum atomic E-state index is -3.65. The molecule has 0 amide bonds. The Morgan fingerprint density at radius 2 is 2.12 bits per heavy atom. The normalized spacial score (nSPS) is 28.9. The fraction of sp³-hybridized carbons (Fsp3) is 0.889. The lowest BCUT2D eigenvalue weighted by Crippen LogP contribution is -2.59. The van der Waals surface area contributed by atoms with Crippen LogP contribution in [0.3, 0.4) is 0 Å². The van der Waals surface area contributed by atoms with Crippen LogP contribution in [0.4, 0.5) is 0 Å². The first kappa shape index (κ1) is 14.4. The Labute approximate surface area is 101 Å². The Balaban J connectivity index is 2.78. The molecule has 1 aliphatic heterocycles. The minimum Gasteiger partial charge on any atom is -0.468 e. The molecule has 0 aliphatic carbocycles. The smallest absolute Gasteiger partial charge is 0.324 e. The van der Waals surface area contributed by atoms with E-state index in [4.69, 9.17) is 4.74 Å². The lowest BCUT2D eigenvalue weighted by Gasteiger charge is -2.35. The number of methoxy groups -OCH3 is 2. The van der Waals surface area contributed by atoms with E-state index in [1.165, 1.54) is 18.5 Å². The molecule has 0 radical (unpaired) electrons. The van der Waals surface area contributed by atoms with Gasteiger partial charge in [-0.1, -0.05) is 0 Å². The van der Waals surface area contributed by atoms with E-state index in [0.717, 1.165) is 0 Å². The summed E-state index contributed by atoms with van der Waals surface area (Å²) in [5, 5.41) is 0. The predicted octanol–water partition coefficient (Wildman–Crippen LogP) is -0.897. The number of carbonyl (C=O) groups excluding carboxylic acids is 1. The molecule has 100 valence electrons. The fourth-order valence-electron chi connectivity index (χ4n) is 1.80. The molecule has 2 unspecified atom stereocenters. The second-order valence-corrected chi connectivity index (χ2v) is 5.54. The predicted molar refractivity (Wildman–Crippen MR) is 60.5 cm³/mol. The van der Waals surface area contributed by atoms with Crippen LogP contribution >= 0.6 is 0 Å². The van der Waals surface area contributed by atoms with E-state index in [1.807, 2.05) is 0 Å². The maximum absolute atomic E-state index is 11.9. The van der Waals surface area contributed by atoms with Gasteiger partial charge in [-0.3, -0.25) is 4.79 Å². The van der Waals surface area contributed by atoms with Crippen molar-refractivity contribution >= 4 is 16.2 Å². The average molecular weight is 266 g/mol. The van der Waals surface area contributed by atoms with Crippen LogP contribution in [-0.2, 0) is 24.5 Å². The Bertz CT molecular complexity index is 370. The second kappa shape index (κ2) is 5.76. The first-order valence-electron chi connectivity index (χ1n) is 5.28. The van der Waals surface area contributed by atoms with Gasteiger partial charge in [-0.2, -0.15) is 17.4 Å². The average Bonchev–Trinajstić information content (AvgIpc) is 2.26. The zero-order valence-electron chi connectivity index (χ0n) is 10.2. The summed E-state index contributed by atoms with van der Waals surface area (Å²) in [6.45, 7) is 2.33. The van der Waals surface area contributed by atoms with E-state index in [2.05, 4.69) is 9.46 Å². The summed E-state index contributed by atoms with van der Waals surface area (Å²) in [6.07, 6.45) is 0.385. The van der Waals surface area contributed by atoms with E-state index in [1.54, 1.807) is 6.92 Å². The number of nitrogens with zero attached hydrogens (tertiary/aromatic N) is 1. The van der Waals surface area contributed by atoms with Crippen molar-refractivity contribution in [1.29, 1.82) is 0 Å². The van der Waals surface area contributed by atoms with Gasteiger partial charge in [-0.05, 0) is 13.3 Å². The molecule has 1 N–H and O–H groups in total. The zero-order valence-corrected chi connectivity index (χ0v) is 11.0. The Morgan fingerprint density at radius 3 is 2.59 bits per heavy atom. The Morgan fingerprint density at radius 1 is 1.47 bits per heavy atom. The minimum absolute atomic E-state index is 0.263. The van der Waals surface area contributed by atoms with Crippen LogP contribution in [0, 0.1) is 0 Å². The van der Waals surface area contributed by atoms with Gasteiger partial charge in [0.1, 0.15) is 6.04 Å². The molecule has 1 aliphatic rings. The third-order valence-corrected chi connectivity index (χ3v) is 4.41. The van der Waals surface area contributed by atoms with Crippen molar-refractivity contribution in [1.82, 2.24) is 9.03 Å². The van der Waals surface area contributed by atoms with Gasteiger partial charge in [0.2, 0.25) is 0 Å². The fourth-order valence-corrected chi connectivity index (χ4v) is 3.36. The first-order valence-corrected chi connectivity index (χ1v) is 6.72. The maximum atomic E-state index is 11.9. The number of esters is 1. The molecule has 0 aromatic rings. The van der Waals surface area contributed by atoms with Crippen LogP contribution in [0.5, 0.6) is 0 Å². The quantitative estimate of drug-likeness (QED) is 0.667. The molecule has 7 nitrogen and oxygen atoms in total. The molecule has 1 rings (SSSR count). The Hall–Kier alpha value is -0.700. The summed E-state index contributed by atoms with van der Waals surface area (Å²) in [5.74, 6) is -0.563. The van der Waals surface area contributed by atoms with Gasteiger partial charge in [0.15, 0.2) is 0 Å². The second-order valence-electron chi connectivity index (χ2n) is 3.89. The van der Waals surface area contributed by atoms with Crippen LogP contribution in [-0.4, -0.2) is 58.1 Å². The van der Waals surface area contributed by atoms with Crippen LogP contribution < -0.4 is 4.72 Å². The molecule has 1 fully saturated rings. The van der Waals surface area contributed by atoms with Crippen LogP contribution in [0.2, 0.25) is 0 Å². The molecular weight excluding hydrogens is 248 g/mol. The third kappa shape index (κ3) is 3.38. The van der Waals surface area contributed by atoms with Gasteiger partial charge in [0.05, 0.1) is 13.7 Å². The summed E-state index contributed by atoms with van der Waals surface area (Å²) < 4.78 is 36.7. The van der Waals surface area contributed by atoms with Crippen molar-refractivity contribution < 1.29 is 22.7 Å². The van der Waals surface area contributed by atoms with Crippen molar-refractivity contribution in [3.8, 4) is 0 Å². The van der Waals surface area contributed by atoms with E-state index in [9.17, 15) is 13.2 Å². The van der Waals surface area contributed by atoms with Crippen LogP contribution in [0.15, 0.2) is 0 Å². The number of hydrogen-bond acceptors (Lipinski definition) is 5. The number of nitrogens with one attached hydrogen (secondary N) is 1. The van der Waals surface area contributed by atoms with Crippen LogP contribution in [0.25, 0.3) is 0 Å². The highest BCUT2D eigenvalue weighted by molar-refractivity contribution is 7.87. The molecule has 1 saturated heterocycles. The van der Waals surface area contributed by atoms with E-state index < -0.39 is 22.2 Å². The molecule has 0 spiro atoms. The molecule has 0 bridgehead atoms. The van der Waals surface area contributed by atoms with Gasteiger partial charge < -0.3 is 9.47 Å². The van der Waals surface area contributed by atoms with Crippen molar-refractivity contribution in [3.63, 3.8) is 0 Å². The molecule has 0 aromatic carbocycles. The number of rotatable bonds is 4. The van der Waals surface area contributed by atoms with Crippen molar-refractivity contribution in [3.05, 3.63) is 0 Å². The number of hydrogen-bond donors (Lipinski definition) is 1. The number of carbonyl (C=O) groups is 1. The van der Waals surface area contributed by atoms with Crippen molar-refractivity contribution in [2.75, 3.05) is 27.4 Å². The maximum Gasteiger partial charge on any atom is 0.324 e. The third-order valence-electron chi connectivity index (χ3n) is 2.67. The molecular formula is C9H18N2O5S. The highest BCUT2D eigenvalue weighted by atomic mass is 32.2. The summed E-state index contributed by atoms with van der Waals surface area (Å²) >= 11 is 0. The van der Waals surface area contributed by atoms with Gasteiger partial charge >= 0.3 is 5.97 Å². The number of ether oxygens (including phenoxy) is 2. The van der Waals surface area contributed by atoms with E-state index >= 15 is 0 Å². The molecule has 1 heterocycles. The molecule has 2 atom stereocenters. The lowest BCUT2D eigenvalue weighted by molar-refractivity contribution is -0.143. The summed E-state index contributed by atoms with van der Waals surface area (Å²) in [5.41, 5.74) is 0. The first-order chi connectivity index (χ1) is 7.92. The van der Waals surface area contributed by atoms with Crippen molar-refractivity contribution in [2.45, 2.75) is 25.4 Å². The zero-order chi connectivity index (χ0) is 13.1. The molecule has 0 saturated carbocycles. The monoisotopic (exact) mass is 266 g/mol. The van der Waals surface area contributed by atoms with Crippen LogP contribution in [0.1, 0.15) is 13.3 Å². The highest BCUT2D eigenvalue weighted by Crippen LogP contribution is 2.18. The van der Waals surface area contributed by atoms with Gasteiger partial charge in [-0.25, -0.2) is 0 Å². The summed E-state index contributed by atoms with van der Waals surface area (Å²) in [6, 6.07) is -1.07. The van der Waals surface area contributed by atoms with Gasteiger partial charge in [-0.15, -0.1) is 0 Å². The summed E-state index contributed by atoms with van der Waals surface area (Å²) in [4.78, 5) is 11.3. The lowest BCUT2D eigenvalue weighted by atomic mass is 10.1. The molecule has 8 heteroatoms.